The van der Waals surface area contributed by atoms with Crippen LogP contribution in [-0.4, -0.2) is 15.5 Å². The van der Waals surface area contributed by atoms with Crippen LogP contribution in [0.25, 0.3) is 22.6 Å². The molecule has 1 N–H and O–H groups in total. The monoisotopic (exact) mass is 331 g/mol. The number of carbonyl (C=O) groups is 1. The van der Waals surface area contributed by atoms with Gasteiger partial charge in [-0.1, -0.05) is 36.4 Å². The Morgan fingerprint density at radius 3 is 2.80 bits per heavy atom. The third-order valence-electron chi connectivity index (χ3n) is 4.09. The van der Waals surface area contributed by atoms with Crippen molar-refractivity contribution in [2.24, 2.45) is 0 Å². The molecule has 0 radical (unpaired) electrons. The van der Waals surface area contributed by atoms with Crippen molar-refractivity contribution in [1.82, 2.24) is 9.55 Å². The van der Waals surface area contributed by atoms with Crippen LogP contribution in [0, 0.1) is 6.92 Å². The molecular weight excluding hydrogens is 314 g/mol. The molecule has 2 aromatic carbocycles. The lowest BCUT2D eigenvalue weighted by atomic mass is 10.2. The highest BCUT2D eigenvalue weighted by atomic mass is 16.3. The minimum Gasteiger partial charge on any atom is -0.453 e. The lowest BCUT2D eigenvalue weighted by molar-refractivity contribution is -0.116. The number of benzene rings is 2. The SMILES string of the molecule is Cc1ccccc1NC(=O)Cn1ccnc1-c1cc2ccccc2o1. The smallest absolute Gasteiger partial charge is 0.244 e. The van der Waals surface area contributed by atoms with Gasteiger partial charge < -0.3 is 14.3 Å². The maximum Gasteiger partial charge on any atom is 0.244 e. The number of fused-ring (bicyclic) bond motifs is 1. The van der Waals surface area contributed by atoms with Crippen molar-refractivity contribution in [3.63, 3.8) is 0 Å². The fourth-order valence-electron chi connectivity index (χ4n) is 2.81. The van der Waals surface area contributed by atoms with Gasteiger partial charge in [-0.15, -0.1) is 0 Å². The maximum absolute atomic E-state index is 12.4. The molecule has 4 aromatic rings. The third-order valence-corrected chi connectivity index (χ3v) is 4.09. The molecular formula is C20H17N3O2. The molecule has 25 heavy (non-hydrogen) atoms. The van der Waals surface area contributed by atoms with E-state index in [4.69, 9.17) is 4.42 Å². The van der Waals surface area contributed by atoms with Crippen LogP contribution >= 0.6 is 0 Å². The van der Waals surface area contributed by atoms with Crippen LogP contribution in [0.5, 0.6) is 0 Å². The van der Waals surface area contributed by atoms with E-state index in [1.165, 1.54) is 0 Å². The zero-order chi connectivity index (χ0) is 17.2. The molecule has 0 bridgehead atoms. The van der Waals surface area contributed by atoms with Crippen LogP contribution in [0.4, 0.5) is 5.69 Å². The number of anilines is 1. The summed E-state index contributed by atoms with van der Waals surface area (Å²) in [5.41, 5.74) is 2.65. The first-order valence-electron chi connectivity index (χ1n) is 8.06. The molecule has 0 unspecified atom stereocenters. The Morgan fingerprint density at radius 1 is 1.16 bits per heavy atom. The van der Waals surface area contributed by atoms with E-state index in [2.05, 4.69) is 10.3 Å². The summed E-state index contributed by atoms with van der Waals surface area (Å²) in [4.78, 5) is 16.7. The number of aryl methyl sites for hydroxylation is 1. The molecule has 0 saturated carbocycles. The molecule has 2 heterocycles. The van der Waals surface area contributed by atoms with Crippen molar-refractivity contribution >= 4 is 22.6 Å². The molecule has 2 aromatic heterocycles. The quantitative estimate of drug-likeness (QED) is 0.608. The normalized spacial score (nSPS) is 10.9. The number of nitrogens with one attached hydrogen (secondary N) is 1. The summed E-state index contributed by atoms with van der Waals surface area (Å²) in [5, 5.41) is 3.95. The summed E-state index contributed by atoms with van der Waals surface area (Å²) >= 11 is 0. The predicted molar refractivity (Wildman–Crippen MR) is 97.2 cm³/mol. The molecule has 124 valence electrons. The molecule has 0 aliphatic rings. The number of hydrogen-bond donors (Lipinski definition) is 1. The van der Waals surface area contributed by atoms with Crippen molar-refractivity contribution in [3.05, 3.63) is 72.6 Å². The second kappa shape index (κ2) is 6.28. The van der Waals surface area contributed by atoms with E-state index in [1.807, 2.05) is 61.5 Å². The van der Waals surface area contributed by atoms with Crippen LogP contribution < -0.4 is 5.32 Å². The first-order valence-corrected chi connectivity index (χ1v) is 8.06. The number of hydrogen-bond acceptors (Lipinski definition) is 3. The molecule has 0 aliphatic carbocycles. The minimum atomic E-state index is -0.107. The van der Waals surface area contributed by atoms with Gasteiger partial charge in [0.1, 0.15) is 12.1 Å². The standard InChI is InChI=1S/C20H17N3O2/c1-14-6-2-4-8-16(14)22-19(24)13-23-11-10-21-20(23)18-12-15-7-3-5-9-17(15)25-18/h2-12H,13H2,1H3,(H,22,24). The van der Waals surface area contributed by atoms with Gasteiger partial charge >= 0.3 is 0 Å². The van der Waals surface area contributed by atoms with Crippen molar-refractivity contribution in [2.75, 3.05) is 5.32 Å². The number of aromatic nitrogens is 2. The number of imidazole rings is 1. The summed E-state index contributed by atoms with van der Waals surface area (Å²) in [6.07, 6.45) is 3.45. The summed E-state index contributed by atoms with van der Waals surface area (Å²) in [7, 11) is 0. The molecule has 5 nitrogen and oxygen atoms in total. The number of furan rings is 1. The number of amides is 1. The van der Waals surface area contributed by atoms with Crippen molar-refractivity contribution in [3.8, 4) is 11.6 Å². The van der Waals surface area contributed by atoms with Gasteiger partial charge in [-0.2, -0.15) is 0 Å². The van der Waals surface area contributed by atoms with Gasteiger partial charge in [-0.25, -0.2) is 4.98 Å². The average Bonchev–Trinajstić information content (AvgIpc) is 3.23. The van der Waals surface area contributed by atoms with Gasteiger partial charge in [-0.05, 0) is 30.7 Å². The molecule has 0 fully saturated rings. The van der Waals surface area contributed by atoms with E-state index < -0.39 is 0 Å². The lowest BCUT2D eigenvalue weighted by Crippen LogP contribution is -2.19. The van der Waals surface area contributed by atoms with E-state index in [0.717, 1.165) is 22.2 Å². The highest BCUT2D eigenvalue weighted by Gasteiger charge is 2.14. The van der Waals surface area contributed by atoms with Gasteiger partial charge in [0, 0.05) is 23.5 Å². The Hall–Kier alpha value is -3.34. The number of rotatable bonds is 4. The van der Waals surface area contributed by atoms with Gasteiger partial charge in [0.15, 0.2) is 11.6 Å². The van der Waals surface area contributed by atoms with Gasteiger partial charge in [0.25, 0.3) is 0 Å². The van der Waals surface area contributed by atoms with Crippen LogP contribution in [-0.2, 0) is 11.3 Å². The summed E-state index contributed by atoms with van der Waals surface area (Å²) in [5.74, 6) is 1.18. The summed E-state index contributed by atoms with van der Waals surface area (Å²) in [6, 6.07) is 17.4. The zero-order valence-corrected chi connectivity index (χ0v) is 13.8. The first-order chi connectivity index (χ1) is 12.2. The van der Waals surface area contributed by atoms with Gasteiger partial charge in [0.2, 0.25) is 5.91 Å². The Kier molecular flexibility index (Phi) is 3.82. The fraction of sp³-hybridized carbons (Fsp3) is 0.100. The van der Waals surface area contributed by atoms with Crippen LogP contribution in [0.1, 0.15) is 5.56 Å². The molecule has 0 atom stereocenters. The molecule has 1 amide bonds. The molecule has 5 heteroatoms. The predicted octanol–water partition coefficient (Wildman–Crippen LogP) is 4.24. The van der Waals surface area contributed by atoms with Crippen LogP contribution in [0.2, 0.25) is 0 Å². The number of para-hydroxylation sites is 2. The number of carbonyl (C=O) groups excluding carboxylic acids is 1. The molecule has 4 rings (SSSR count). The molecule has 0 aliphatic heterocycles. The van der Waals surface area contributed by atoms with Gasteiger partial charge in [0.05, 0.1) is 0 Å². The van der Waals surface area contributed by atoms with Crippen molar-refractivity contribution in [2.45, 2.75) is 13.5 Å². The fourth-order valence-corrected chi connectivity index (χ4v) is 2.81. The summed E-state index contributed by atoms with van der Waals surface area (Å²) < 4.78 is 7.64. The van der Waals surface area contributed by atoms with E-state index >= 15 is 0 Å². The Morgan fingerprint density at radius 2 is 1.96 bits per heavy atom. The highest BCUT2D eigenvalue weighted by Crippen LogP contribution is 2.26. The van der Waals surface area contributed by atoms with Gasteiger partial charge in [-0.3, -0.25) is 4.79 Å². The average molecular weight is 331 g/mol. The second-order valence-corrected chi connectivity index (χ2v) is 5.89. The van der Waals surface area contributed by atoms with E-state index in [-0.39, 0.29) is 12.5 Å². The van der Waals surface area contributed by atoms with Crippen LogP contribution in [0.3, 0.4) is 0 Å². The zero-order valence-electron chi connectivity index (χ0n) is 13.8. The first kappa shape index (κ1) is 15.2. The Balaban J connectivity index is 1.57. The molecule has 0 spiro atoms. The second-order valence-electron chi connectivity index (χ2n) is 5.89. The number of nitrogens with zero attached hydrogens (tertiary/aromatic N) is 2. The van der Waals surface area contributed by atoms with Crippen molar-refractivity contribution < 1.29 is 9.21 Å². The topological polar surface area (TPSA) is 60.1 Å². The largest absolute Gasteiger partial charge is 0.453 e. The maximum atomic E-state index is 12.4. The highest BCUT2D eigenvalue weighted by molar-refractivity contribution is 5.91. The Labute approximate surface area is 144 Å². The minimum absolute atomic E-state index is 0.107. The lowest BCUT2D eigenvalue weighted by Gasteiger charge is -2.09. The van der Waals surface area contributed by atoms with E-state index in [9.17, 15) is 4.79 Å². The molecule has 0 saturated heterocycles. The third kappa shape index (κ3) is 3.04. The van der Waals surface area contributed by atoms with Crippen LogP contribution in [0.15, 0.2) is 71.4 Å². The van der Waals surface area contributed by atoms with E-state index in [1.54, 1.807) is 17.0 Å². The summed E-state index contributed by atoms with van der Waals surface area (Å²) in [6.45, 7) is 2.13. The van der Waals surface area contributed by atoms with Crippen molar-refractivity contribution in [1.29, 1.82) is 0 Å². The Bertz CT molecular complexity index is 1010. The van der Waals surface area contributed by atoms with E-state index in [0.29, 0.717) is 11.6 Å².